The van der Waals surface area contributed by atoms with E-state index in [4.69, 9.17) is 18.6 Å². The van der Waals surface area contributed by atoms with Gasteiger partial charge in [0.1, 0.15) is 23.8 Å². The van der Waals surface area contributed by atoms with Crippen LogP contribution in [0.25, 0.3) is 21.7 Å². The van der Waals surface area contributed by atoms with Gasteiger partial charge in [-0.2, -0.15) is 0 Å². The van der Waals surface area contributed by atoms with Gasteiger partial charge in [0.05, 0.1) is 19.3 Å². The number of esters is 1. The van der Waals surface area contributed by atoms with Gasteiger partial charge in [0, 0.05) is 22.1 Å². The summed E-state index contributed by atoms with van der Waals surface area (Å²) in [5.74, 6) is -0.327. The number of hydrogen-bond acceptors (Lipinski definition) is 5. The molecule has 1 aromatic heterocycles. The molecule has 146 valence electrons. The third-order valence-electron chi connectivity index (χ3n) is 5.02. The lowest BCUT2D eigenvalue weighted by atomic mass is 10.0. The lowest BCUT2D eigenvalue weighted by Gasteiger charge is -2.20. The van der Waals surface area contributed by atoms with E-state index in [-0.39, 0.29) is 26.4 Å². The average Bonchev–Trinajstić information content (AvgIpc) is 3.15. The van der Waals surface area contributed by atoms with Gasteiger partial charge in [-0.15, -0.1) is 0 Å². The minimum Gasteiger partial charge on any atom is -0.467 e. The molecule has 0 radical (unpaired) electrons. The first-order chi connectivity index (χ1) is 14.2. The van der Waals surface area contributed by atoms with E-state index < -0.39 is 11.8 Å². The van der Waals surface area contributed by atoms with E-state index in [0.717, 1.165) is 27.3 Å². The van der Waals surface area contributed by atoms with Crippen molar-refractivity contribution in [3.8, 4) is 5.75 Å². The van der Waals surface area contributed by atoms with Gasteiger partial charge in [-0.05, 0) is 29.0 Å². The van der Waals surface area contributed by atoms with Crippen LogP contribution < -0.4 is 4.74 Å². The minimum absolute atomic E-state index is 0.0580. The number of rotatable bonds is 4. The Morgan fingerprint density at radius 2 is 2.00 bits per heavy atom. The van der Waals surface area contributed by atoms with Crippen LogP contribution in [0, 0.1) is 5.82 Å². The van der Waals surface area contributed by atoms with Gasteiger partial charge >= 0.3 is 5.97 Å². The second-order valence-corrected chi connectivity index (χ2v) is 6.92. The van der Waals surface area contributed by atoms with Crippen LogP contribution in [0.5, 0.6) is 5.75 Å². The van der Waals surface area contributed by atoms with Crippen molar-refractivity contribution in [2.24, 2.45) is 0 Å². The Labute approximate surface area is 165 Å². The van der Waals surface area contributed by atoms with Crippen LogP contribution in [-0.4, -0.2) is 12.8 Å². The molecule has 1 aliphatic rings. The number of fused-ring (bicyclic) bond motifs is 4. The zero-order chi connectivity index (χ0) is 19.8. The number of benzene rings is 3. The second kappa shape index (κ2) is 7.22. The maximum absolute atomic E-state index is 13.8. The van der Waals surface area contributed by atoms with Gasteiger partial charge in [0.25, 0.3) is 0 Å². The molecule has 0 bridgehead atoms. The summed E-state index contributed by atoms with van der Waals surface area (Å²) in [6.07, 6.45) is 1.64. The average molecular weight is 392 g/mol. The van der Waals surface area contributed by atoms with E-state index in [2.05, 4.69) is 0 Å². The van der Waals surface area contributed by atoms with E-state index in [1.54, 1.807) is 6.26 Å². The molecule has 2 heterocycles. The van der Waals surface area contributed by atoms with Crippen molar-refractivity contribution in [3.05, 3.63) is 77.3 Å². The van der Waals surface area contributed by atoms with Gasteiger partial charge in [0.15, 0.2) is 6.79 Å². The van der Waals surface area contributed by atoms with Gasteiger partial charge in [-0.1, -0.05) is 30.3 Å². The number of ether oxygens (including phenoxy) is 3. The van der Waals surface area contributed by atoms with Crippen LogP contribution in [0.1, 0.15) is 16.7 Å². The van der Waals surface area contributed by atoms with Crippen molar-refractivity contribution >= 4 is 27.7 Å². The van der Waals surface area contributed by atoms with E-state index >= 15 is 0 Å². The van der Waals surface area contributed by atoms with Crippen molar-refractivity contribution in [2.45, 2.75) is 19.6 Å². The summed E-state index contributed by atoms with van der Waals surface area (Å²) in [5.41, 5.74) is 2.57. The molecular weight excluding hydrogens is 375 g/mol. The van der Waals surface area contributed by atoms with Crippen molar-refractivity contribution in [2.75, 3.05) is 6.79 Å². The second-order valence-electron chi connectivity index (χ2n) is 6.92. The molecule has 0 atom stereocenters. The summed E-state index contributed by atoms with van der Waals surface area (Å²) in [6, 6.07) is 14.5. The SMILES string of the molecule is O=C(Cc1coc2ccc3ccccc3c12)OCc1cc(F)cc2c1OCOC2. The van der Waals surface area contributed by atoms with Crippen LogP contribution in [0.3, 0.4) is 0 Å². The van der Waals surface area contributed by atoms with E-state index in [1.807, 2.05) is 36.4 Å². The van der Waals surface area contributed by atoms with E-state index in [9.17, 15) is 9.18 Å². The highest BCUT2D eigenvalue weighted by Crippen LogP contribution is 2.32. The smallest absolute Gasteiger partial charge is 0.310 e. The molecule has 0 saturated heterocycles. The quantitative estimate of drug-likeness (QED) is 0.464. The standard InChI is InChI=1S/C23H17FO5/c24-18-7-16-10-26-13-29-23(16)17(8-18)12-28-21(25)9-15-11-27-20-6-5-14-3-1-2-4-19(14)22(15)20/h1-8,11H,9-10,12-13H2. The molecule has 6 heteroatoms. The van der Waals surface area contributed by atoms with Gasteiger partial charge in [-0.3, -0.25) is 4.79 Å². The molecule has 0 saturated carbocycles. The maximum Gasteiger partial charge on any atom is 0.310 e. The summed E-state index contributed by atoms with van der Waals surface area (Å²) in [4.78, 5) is 12.5. The zero-order valence-corrected chi connectivity index (χ0v) is 15.4. The highest BCUT2D eigenvalue weighted by Gasteiger charge is 2.19. The predicted molar refractivity (Wildman–Crippen MR) is 104 cm³/mol. The number of halogens is 1. The van der Waals surface area contributed by atoms with Crippen molar-refractivity contribution in [1.82, 2.24) is 0 Å². The molecular formula is C23H17FO5. The fourth-order valence-electron chi connectivity index (χ4n) is 3.73. The highest BCUT2D eigenvalue weighted by atomic mass is 19.1. The Morgan fingerprint density at radius 1 is 1.10 bits per heavy atom. The predicted octanol–water partition coefficient (Wildman–Crippen LogP) is 4.88. The van der Waals surface area contributed by atoms with Gasteiger partial charge in [0.2, 0.25) is 0 Å². The van der Waals surface area contributed by atoms with Crippen LogP contribution >= 0.6 is 0 Å². The molecule has 0 fully saturated rings. The summed E-state index contributed by atoms with van der Waals surface area (Å²) < 4.78 is 35.5. The van der Waals surface area contributed by atoms with Crippen molar-refractivity contribution in [1.29, 1.82) is 0 Å². The Kier molecular flexibility index (Phi) is 4.41. The number of carbonyl (C=O) groups is 1. The Hall–Kier alpha value is -3.38. The fourth-order valence-corrected chi connectivity index (χ4v) is 3.73. The normalized spacial score (nSPS) is 13.3. The molecule has 1 aliphatic heterocycles. The number of hydrogen-bond donors (Lipinski definition) is 0. The lowest BCUT2D eigenvalue weighted by Crippen LogP contribution is -2.15. The first-order valence-corrected chi connectivity index (χ1v) is 9.24. The van der Waals surface area contributed by atoms with Crippen LogP contribution in [0.15, 0.2) is 59.2 Å². The first-order valence-electron chi connectivity index (χ1n) is 9.24. The fraction of sp³-hybridized carbons (Fsp3) is 0.174. The largest absolute Gasteiger partial charge is 0.467 e. The molecule has 5 rings (SSSR count). The molecule has 0 spiro atoms. The Morgan fingerprint density at radius 3 is 2.93 bits per heavy atom. The Bertz CT molecular complexity index is 1230. The van der Waals surface area contributed by atoms with Crippen LogP contribution in [0.4, 0.5) is 4.39 Å². The molecule has 0 unspecified atom stereocenters. The van der Waals surface area contributed by atoms with Crippen LogP contribution in [0.2, 0.25) is 0 Å². The third-order valence-corrected chi connectivity index (χ3v) is 5.02. The highest BCUT2D eigenvalue weighted by molar-refractivity contribution is 6.08. The topological polar surface area (TPSA) is 57.9 Å². The zero-order valence-electron chi connectivity index (χ0n) is 15.4. The van der Waals surface area contributed by atoms with E-state index in [0.29, 0.717) is 16.9 Å². The first kappa shape index (κ1) is 17.7. The van der Waals surface area contributed by atoms with Gasteiger partial charge < -0.3 is 18.6 Å². The van der Waals surface area contributed by atoms with Crippen molar-refractivity contribution < 1.29 is 27.8 Å². The summed E-state index contributed by atoms with van der Waals surface area (Å²) in [5, 5.41) is 3.00. The maximum atomic E-state index is 13.8. The molecule has 4 aromatic rings. The number of furan rings is 1. The van der Waals surface area contributed by atoms with E-state index in [1.165, 1.54) is 12.1 Å². The summed E-state index contributed by atoms with van der Waals surface area (Å²) in [6.45, 7) is 0.283. The molecule has 5 nitrogen and oxygen atoms in total. The Balaban J connectivity index is 1.37. The number of carbonyl (C=O) groups excluding carboxylic acids is 1. The van der Waals surface area contributed by atoms with Crippen LogP contribution in [-0.2, 0) is 33.9 Å². The minimum atomic E-state index is -0.425. The molecule has 29 heavy (non-hydrogen) atoms. The molecule has 0 amide bonds. The monoisotopic (exact) mass is 392 g/mol. The molecule has 0 N–H and O–H groups in total. The lowest BCUT2D eigenvalue weighted by molar-refractivity contribution is -0.144. The summed E-state index contributed by atoms with van der Waals surface area (Å²) >= 11 is 0. The molecule has 3 aromatic carbocycles. The summed E-state index contributed by atoms with van der Waals surface area (Å²) in [7, 11) is 0. The molecule has 0 aliphatic carbocycles. The van der Waals surface area contributed by atoms with Crippen molar-refractivity contribution in [3.63, 3.8) is 0 Å². The third kappa shape index (κ3) is 3.32. The van der Waals surface area contributed by atoms with Gasteiger partial charge in [-0.25, -0.2) is 4.39 Å².